The van der Waals surface area contributed by atoms with Gasteiger partial charge in [-0.05, 0) is 56.2 Å². The number of anilines is 1. The largest absolute Gasteiger partial charge is 0.497 e. The molecule has 1 aliphatic heterocycles. The molecule has 0 bridgehead atoms. The van der Waals surface area contributed by atoms with Gasteiger partial charge >= 0.3 is 0 Å². The molecule has 0 unspecified atom stereocenters. The first-order valence-electron chi connectivity index (χ1n) is 10.1. The second-order valence-electron chi connectivity index (χ2n) is 7.46. The zero-order valence-electron chi connectivity index (χ0n) is 17.6. The molecule has 1 saturated heterocycles. The molecule has 2 atom stereocenters. The maximum absolute atomic E-state index is 13.0. The van der Waals surface area contributed by atoms with Crippen molar-refractivity contribution >= 4 is 27.5 Å². The summed E-state index contributed by atoms with van der Waals surface area (Å²) in [6, 6.07) is 14.4. The van der Waals surface area contributed by atoms with Crippen LogP contribution >= 0.6 is 0 Å². The molecule has 9 heteroatoms. The van der Waals surface area contributed by atoms with Gasteiger partial charge in [0.15, 0.2) is 0 Å². The van der Waals surface area contributed by atoms with Crippen LogP contribution in [-0.4, -0.2) is 50.8 Å². The predicted octanol–water partition coefficient (Wildman–Crippen LogP) is 2.24. The van der Waals surface area contributed by atoms with Crippen molar-refractivity contribution in [1.29, 1.82) is 0 Å². The summed E-state index contributed by atoms with van der Waals surface area (Å²) in [6.07, 6.45) is 1.13. The highest BCUT2D eigenvalue weighted by atomic mass is 32.2. The van der Waals surface area contributed by atoms with Crippen molar-refractivity contribution < 1.29 is 22.7 Å². The Morgan fingerprint density at radius 2 is 1.77 bits per heavy atom. The number of methoxy groups -OCH3 is 1. The molecule has 2 N–H and O–H groups in total. The van der Waals surface area contributed by atoms with Crippen molar-refractivity contribution in [2.45, 2.75) is 30.7 Å². The Labute approximate surface area is 182 Å². The Morgan fingerprint density at radius 3 is 2.42 bits per heavy atom. The minimum atomic E-state index is -3.72. The maximum Gasteiger partial charge on any atom is 0.246 e. The summed E-state index contributed by atoms with van der Waals surface area (Å²) in [6.45, 7) is 2.03. The number of hydrogen-bond acceptors (Lipinski definition) is 5. The number of para-hydroxylation sites is 1. The van der Waals surface area contributed by atoms with Crippen molar-refractivity contribution in [2.24, 2.45) is 5.92 Å². The Bertz CT molecular complexity index is 1010. The molecule has 0 aliphatic carbocycles. The minimum absolute atomic E-state index is 0.0766. The van der Waals surface area contributed by atoms with Crippen LogP contribution in [0.25, 0.3) is 0 Å². The fourth-order valence-electron chi connectivity index (χ4n) is 3.44. The van der Waals surface area contributed by atoms with E-state index in [0.29, 0.717) is 30.8 Å². The molecule has 0 aromatic heterocycles. The maximum atomic E-state index is 13.0. The minimum Gasteiger partial charge on any atom is -0.497 e. The van der Waals surface area contributed by atoms with Crippen LogP contribution in [-0.2, 0) is 19.6 Å². The lowest BCUT2D eigenvalue weighted by Crippen LogP contribution is -2.49. The Balaban J connectivity index is 1.61. The molecule has 1 heterocycles. The number of ether oxygens (including phenoxy) is 1. The van der Waals surface area contributed by atoms with Crippen molar-refractivity contribution in [3.05, 3.63) is 54.6 Å². The van der Waals surface area contributed by atoms with Gasteiger partial charge in [-0.25, -0.2) is 8.42 Å². The van der Waals surface area contributed by atoms with Gasteiger partial charge in [-0.2, -0.15) is 4.31 Å². The summed E-state index contributed by atoms with van der Waals surface area (Å²) in [5.41, 5.74) is 0.642. The van der Waals surface area contributed by atoms with Crippen LogP contribution in [0.2, 0.25) is 0 Å². The van der Waals surface area contributed by atoms with E-state index >= 15 is 0 Å². The van der Waals surface area contributed by atoms with Crippen molar-refractivity contribution in [3.63, 3.8) is 0 Å². The first-order chi connectivity index (χ1) is 14.8. The molecule has 1 aliphatic rings. The number of hydrogen-bond donors (Lipinski definition) is 2. The number of piperidine rings is 1. The lowest BCUT2D eigenvalue weighted by molar-refractivity contribution is -0.129. The van der Waals surface area contributed by atoms with Gasteiger partial charge in [-0.3, -0.25) is 9.59 Å². The molecular formula is C22H27N3O5S. The number of carbonyl (C=O) groups excluding carboxylic acids is 2. The average molecular weight is 446 g/mol. The summed E-state index contributed by atoms with van der Waals surface area (Å²) in [5.74, 6) is -0.616. The summed E-state index contributed by atoms with van der Waals surface area (Å²) >= 11 is 0. The van der Waals surface area contributed by atoms with E-state index in [9.17, 15) is 18.0 Å². The van der Waals surface area contributed by atoms with E-state index in [4.69, 9.17) is 4.74 Å². The van der Waals surface area contributed by atoms with Crippen molar-refractivity contribution in [1.82, 2.24) is 9.62 Å². The van der Waals surface area contributed by atoms with Gasteiger partial charge in [0.05, 0.1) is 17.9 Å². The Morgan fingerprint density at radius 1 is 1.10 bits per heavy atom. The van der Waals surface area contributed by atoms with E-state index in [1.807, 2.05) is 6.07 Å². The molecule has 0 radical (unpaired) electrons. The fourth-order valence-corrected chi connectivity index (χ4v) is 4.96. The Kier molecular flexibility index (Phi) is 7.29. The third-order valence-electron chi connectivity index (χ3n) is 5.25. The van der Waals surface area contributed by atoms with Crippen LogP contribution in [0.15, 0.2) is 59.5 Å². The third-order valence-corrected chi connectivity index (χ3v) is 7.12. The smallest absolute Gasteiger partial charge is 0.246 e. The number of carbonyl (C=O) groups is 2. The molecule has 3 rings (SSSR count). The number of sulfonamides is 1. The van der Waals surface area contributed by atoms with Gasteiger partial charge in [-0.15, -0.1) is 0 Å². The number of nitrogens with zero attached hydrogens (tertiary/aromatic N) is 1. The van der Waals surface area contributed by atoms with Gasteiger partial charge in [0.25, 0.3) is 0 Å². The Hall–Kier alpha value is -2.91. The molecule has 8 nitrogen and oxygen atoms in total. The van der Waals surface area contributed by atoms with E-state index in [-0.39, 0.29) is 23.3 Å². The van der Waals surface area contributed by atoms with Crippen LogP contribution < -0.4 is 15.4 Å². The number of benzene rings is 2. The molecule has 0 saturated carbocycles. The fraction of sp³-hybridized carbons (Fsp3) is 0.364. The van der Waals surface area contributed by atoms with Crippen LogP contribution in [0.3, 0.4) is 0 Å². The zero-order valence-corrected chi connectivity index (χ0v) is 18.4. The molecule has 2 aromatic carbocycles. The highest BCUT2D eigenvalue weighted by Crippen LogP contribution is 2.25. The summed E-state index contributed by atoms with van der Waals surface area (Å²) in [5, 5.41) is 5.45. The van der Waals surface area contributed by atoms with E-state index in [0.717, 1.165) is 0 Å². The molecular weight excluding hydrogens is 418 g/mol. The number of amides is 2. The number of rotatable bonds is 7. The first-order valence-corrected chi connectivity index (χ1v) is 11.6. The summed E-state index contributed by atoms with van der Waals surface area (Å²) in [4.78, 5) is 25.2. The molecule has 1 fully saturated rings. The normalized spacial score (nSPS) is 18.1. The predicted molar refractivity (Wildman–Crippen MR) is 117 cm³/mol. The van der Waals surface area contributed by atoms with Crippen LogP contribution in [0.4, 0.5) is 5.69 Å². The monoisotopic (exact) mass is 445 g/mol. The lowest BCUT2D eigenvalue weighted by Gasteiger charge is -2.31. The average Bonchev–Trinajstić information content (AvgIpc) is 2.79. The first kappa shape index (κ1) is 22.8. The molecule has 2 amide bonds. The summed E-state index contributed by atoms with van der Waals surface area (Å²) in [7, 11) is -2.21. The van der Waals surface area contributed by atoms with Gasteiger partial charge in [-0.1, -0.05) is 18.2 Å². The highest BCUT2D eigenvalue weighted by molar-refractivity contribution is 7.89. The molecule has 0 spiro atoms. The van der Waals surface area contributed by atoms with Gasteiger partial charge in [0.1, 0.15) is 11.8 Å². The summed E-state index contributed by atoms with van der Waals surface area (Å²) < 4.78 is 32.4. The topological polar surface area (TPSA) is 105 Å². The lowest BCUT2D eigenvalue weighted by atomic mass is 9.98. The van der Waals surface area contributed by atoms with Gasteiger partial charge in [0.2, 0.25) is 21.8 Å². The SMILES string of the molecule is COc1ccc(S(=O)(=O)N2CCC[C@H](C(=O)N[C@H](C)C(=O)Nc3ccccc3)C2)cc1. The van der Waals surface area contributed by atoms with E-state index in [1.54, 1.807) is 43.3 Å². The second kappa shape index (κ2) is 9.93. The van der Waals surface area contributed by atoms with Crippen LogP contribution in [0, 0.1) is 5.92 Å². The standard InChI is InChI=1S/C22H27N3O5S/c1-16(21(26)24-18-8-4-3-5-9-18)23-22(27)17-7-6-14-25(15-17)31(28,29)20-12-10-19(30-2)11-13-20/h3-5,8-13,16-17H,6-7,14-15H2,1-2H3,(H,23,27)(H,24,26)/t16-,17+/m1/s1. The number of nitrogens with one attached hydrogen (secondary N) is 2. The second-order valence-corrected chi connectivity index (χ2v) is 9.40. The quantitative estimate of drug-likeness (QED) is 0.680. The van der Waals surface area contributed by atoms with Crippen LogP contribution in [0.5, 0.6) is 5.75 Å². The van der Waals surface area contributed by atoms with Crippen molar-refractivity contribution in [3.8, 4) is 5.75 Å². The third kappa shape index (κ3) is 5.62. The van der Waals surface area contributed by atoms with E-state index in [2.05, 4.69) is 10.6 Å². The molecule has 166 valence electrons. The van der Waals surface area contributed by atoms with Gasteiger partial charge in [0, 0.05) is 18.8 Å². The van der Waals surface area contributed by atoms with E-state index in [1.165, 1.54) is 23.5 Å². The highest BCUT2D eigenvalue weighted by Gasteiger charge is 2.34. The molecule has 31 heavy (non-hydrogen) atoms. The zero-order chi connectivity index (χ0) is 22.4. The van der Waals surface area contributed by atoms with Crippen molar-refractivity contribution in [2.75, 3.05) is 25.5 Å². The molecule has 2 aromatic rings. The van der Waals surface area contributed by atoms with Gasteiger partial charge < -0.3 is 15.4 Å². The van der Waals surface area contributed by atoms with E-state index < -0.39 is 22.0 Å². The van der Waals surface area contributed by atoms with Crippen LogP contribution in [0.1, 0.15) is 19.8 Å².